The lowest BCUT2D eigenvalue weighted by atomic mass is 9.77. The molecule has 1 aromatic heterocycles. The van der Waals surface area contributed by atoms with Crippen molar-refractivity contribution in [2.75, 3.05) is 20.1 Å². The molecule has 0 spiro atoms. The van der Waals surface area contributed by atoms with Crippen molar-refractivity contribution in [1.29, 1.82) is 0 Å². The molecule has 1 aliphatic rings. The van der Waals surface area contributed by atoms with Crippen molar-refractivity contribution in [2.45, 2.75) is 54.1 Å². The van der Waals surface area contributed by atoms with Crippen molar-refractivity contribution >= 4 is 11.7 Å². The fourth-order valence-corrected chi connectivity index (χ4v) is 4.50. The molecule has 6 nitrogen and oxygen atoms in total. The number of benzene rings is 1. The highest BCUT2D eigenvalue weighted by atomic mass is 19.2. The summed E-state index contributed by atoms with van der Waals surface area (Å²) in [4.78, 5) is 33.0. The van der Waals surface area contributed by atoms with E-state index < -0.39 is 23.0 Å². The fraction of sp³-hybridized carbons (Fsp3) is 0.560. The standard InChI is InChI=1S/C25H34F2N4O2/c1-7-30-12-15(2)13-31-20(14-30)22(21(32)11-17(24(33)28-6)25(3,4)5)29-23(31)16-8-9-18(26)19(27)10-16/h8-10,15,17H,7,11-14H2,1-6H3,(H,28,33)/t15?,17-/m1/s1. The Morgan fingerprint density at radius 1 is 1.21 bits per heavy atom. The van der Waals surface area contributed by atoms with Crippen LogP contribution in [0.2, 0.25) is 0 Å². The molecule has 2 atom stereocenters. The summed E-state index contributed by atoms with van der Waals surface area (Å²) in [7, 11) is 1.57. The van der Waals surface area contributed by atoms with Gasteiger partial charge in [0.25, 0.3) is 0 Å². The number of carbonyl (C=O) groups excluding carboxylic acids is 2. The quantitative estimate of drug-likeness (QED) is 0.654. The maximum atomic E-state index is 14.0. The molecular weight excluding hydrogens is 426 g/mol. The lowest BCUT2D eigenvalue weighted by Gasteiger charge is -2.28. The Balaban J connectivity index is 2.12. The summed E-state index contributed by atoms with van der Waals surface area (Å²) in [5.74, 6) is -2.09. The Hall–Kier alpha value is -2.61. The molecule has 33 heavy (non-hydrogen) atoms. The lowest BCUT2D eigenvalue weighted by molar-refractivity contribution is -0.127. The van der Waals surface area contributed by atoms with Gasteiger partial charge in [-0.1, -0.05) is 34.6 Å². The third-order valence-corrected chi connectivity index (χ3v) is 6.40. The highest BCUT2D eigenvalue weighted by Crippen LogP contribution is 2.33. The van der Waals surface area contributed by atoms with Crippen LogP contribution in [0.4, 0.5) is 8.78 Å². The molecule has 0 saturated heterocycles. The first kappa shape index (κ1) is 25.0. The van der Waals surface area contributed by atoms with Crippen molar-refractivity contribution in [1.82, 2.24) is 19.8 Å². The third kappa shape index (κ3) is 5.32. The van der Waals surface area contributed by atoms with E-state index >= 15 is 0 Å². The number of halogens is 2. The maximum Gasteiger partial charge on any atom is 0.223 e. The first-order valence-corrected chi connectivity index (χ1v) is 11.5. The fourth-order valence-electron chi connectivity index (χ4n) is 4.50. The second-order valence-electron chi connectivity index (χ2n) is 10.1. The van der Waals surface area contributed by atoms with Crippen LogP contribution in [-0.2, 0) is 17.9 Å². The second kappa shape index (κ2) is 9.71. The van der Waals surface area contributed by atoms with E-state index in [4.69, 9.17) is 0 Å². The molecule has 1 aliphatic heterocycles. The van der Waals surface area contributed by atoms with Crippen LogP contribution in [0.3, 0.4) is 0 Å². The number of imidazole rings is 1. The highest BCUT2D eigenvalue weighted by Gasteiger charge is 2.35. The number of amides is 1. The van der Waals surface area contributed by atoms with E-state index in [-0.39, 0.29) is 24.0 Å². The number of nitrogens with zero attached hydrogens (tertiary/aromatic N) is 3. The number of ketones is 1. The lowest BCUT2D eigenvalue weighted by Crippen LogP contribution is -2.37. The van der Waals surface area contributed by atoms with E-state index in [1.54, 1.807) is 7.05 Å². The summed E-state index contributed by atoms with van der Waals surface area (Å²) in [6.45, 7) is 12.8. The van der Waals surface area contributed by atoms with E-state index in [2.05, 4.69) is 29.0 Å². The summed E-state index contributed by atoms with van der Waals surface area (Å²) in [6, 6.07) is 3.68. The minimum atomic E-state index is -0.956. The molecule has 8 heteroatoms. The Kier molecular flexibility index (Phi) is 7.36. The van der Waals surface area contributed by atoms with Gasteiger partial charge < -0.3 is 9.88 Å². The van der Waals surface area contributed by atoms with E-state index in [0.717, 1.165) is 30.9 Å². The van der Waals surface area contributed by atoms with Gasteiger partial charge >= 0.3 is 0 Å². The average Bonchev–Trinajstić information content (AvgIpc) is 3.00. The number of nitrogens with one attached hydrogen (secondary N) is 1. The molecule has 0 bridgehead atoms. The summed E-state index contributed by atoms with van der Waals surface area (Å²) in [6.07, 6.45) is 0.0199. The van der Waals surface area contributed by atoms with Crippen LogP contribution in [-0.4, -0.2) is 46.3 Å². The van der Waals surface area contributed by atoms with Gasteiger partial charge in [0.15, 0.2) is 17.4 Å². The number of carbonyl (C=O) groups is 2. The number of rotatable bonds is 6. The van der Waals surface area contributed by atoms with Gasteiger partial charge in [-0.25, -0.2) is 13.8 Å². The molecule has 1 unspecified atom stereocenters. The Labute approximate surface area is 194 Å². The first-order valence-electron chi connectivity index (χ1n) is 11.5. The minimum Gasteiger partial charge on any atom is -0.359 e. The van der Waals surface area contributed by atoms with Gasteiger partial charge in [0.05, 0.1) is 11.6 Å². The van der Waals surface area contributed by atoms with Crippen molar-refractivity contribution in [3.63, 3.8) is 0 Å². The molecule has 0 aliphatic carbocycles. The molecule has 1 N–H and O–H groups in total. The van der Waals surface area contributed by atoms with Crippen LogP contribution < -0.4 is 5.32 Å². The molecule has 2 aromatic rings. The van der Waals surface area contributed by atoms with Gasteiger partial charge in [-0.3, -0.25) is 14.5 Å². The smallest absolute Gasteiger partial charge is 0.223 e. The number of hydrogen-bond acceptors (Lipinski definition) is 4. The SMILES string of the molecule is CCN1Cc2c(C(=O)C[C@H](C(=O)NC)C(C)(C)C)nc(-c3ccc(F)c(F)c3)n2CC(C)C1. The van der Waals surface area contributed by atoms with Gasteiger partial charge in [-0.15, -0.1) is 0 Å². The Morgan fingerprint density at radius 3 is 2.48 bits per heavy atom. The first-order chi connectivity index (χ1) is 15.5. The van der Waals surface area contributed by atoms with Crippen molar-refractivity contribution in [2.24, 2.45) is 17.3 Å². The summed E-state index contributed by atoms with van der Waals surface area (Å²) in [5, 5.41) is 2.66. The number of fused-ring (bicyclic) bond motifs is 1. The predicted octanol–water partition coefficient (Wildman–Crippen LogP) is 4.28. The van der Waals surface area contributed by atoms with Crippen molar-refractivity contribution in [3.05, 3.63) is 41.2 Å². The Bertz CT molecular complexity index is 1040. The van der Waals surface area contributed by atoms with Gasteiger partial charge in [-0.2, -0.15) is 0 Å². The summed E-state index contributed by atoms with van der Waals surface area (Å²) >= 11 is 0. The zero-order valence-electron chi connectivity index (χ0n) is 20.3. The predicted molar refractivity (Wildman–Crippen MR) is 124 cm³/mol. The largest absolute Gasteiger partial charge is 0.359 e. The molecule has 180 valence electrons. The number of Topliss-reactive ketones (excluding diaryl/α,β-unsaturated/α-hetero) is 1. The highest BCUT2D eigenvalue weighted by molar-refractivity contribution is 5.98. The van der Waals surface area contributed by atoms with E-state index in [9.17, 15) is 18.4 Å². The second-order valence-corrected chi connectivity index (χ2v) is 10.1. The zero-order chi connectivity index (χ0) is 24.5. The summed E-state index contributed by atoms with van der Waals surface area (Å²) < 4.78 is 29.6. The minimum absolute atomic E-state index is 0.0199. The topological polar surface area (TPSA) is 67.2 Å². The van der Waals surface area contributed by atoms with Crippen molar-refractivity contribution in [3.8, 4) is 11.4 Å². The molecule has 0 fully saturated rings. The van der Waals surface area contributed by atoms with Crippen LogP contribution >= 0.6 is 0 Å². The van der Waals surface area contributed by atoms with E-state index in [1.165, 1.54) is 6.07 Å². The molecule has 3 rings (SSSR count). The summed E-state index contributed by atoms with van der Waals surface area (Å²) in [5.41, 5.74) is 1.07. The average molecular weight is 461 g/mol. The maximum absolute atomic E-state index is 14.0. The van der Waals surface area contributed by atoms with Gasteiger partial charge in [-0.05, 0) is 36.1 Å². The van der Waals surface area contributed by atoms with Crippen LogP contribution in [0.25, 0.3) is 11.4 Å². The van der Waals surface area contributed by atoms with Gasteiger partial charge in [0.2, 0.25) is 5.91 Å². The van der Waals surface area contributed by atoms with Crippen LogP contribution in [0.5, 0.6) is 0 Å². The zero-order valence-corrected chi connectivity index (χ0v) is 20.3. The van der Waals surface area contributed by atoms with Crippen LogP contribution in [0.15, 0.2) is 18.2 Å². The van der Waals surface area contributed by atoms with Gasteiger partial charge in [0.1, 0.15) is 11.5 Å². The van der Waals surface area contributed by atoms with E-state index in [0.29, 0.717) is 30.2 Å². The van der Waals surface area contributed by atoms with Crippen molar-refractivity contribution < 1.29 is 18.4 Å². The monoisotopic (exact) mass is 460 g/mol. The molecule has 1 amide bonds. The Morgan fingerprint density at radius 2 is 1.91 bits per heavy atom. The number of hydrogen-bond donors (Lipinski definition) is 1. The molecule has 1 aromatic carbocycles. The normalized spacial score (nSPS) is 17.9. The van der Waals surface area contributed by atoms with E-state index in [1.807, 2.05) is 25.3 Å². The van der Waals surface area contributed by atoms with Crippen LogP contribution in [0.1, 0.15) is 57.2 Å². The van der Waals surface area contributed by atoms with Crippen LogP contribution in [0, 0.1) is 28.9 Å². The third-order valence-electron chi connectivity index (χ3n) is 6.40. The molecule has 0 radical (unpaired) electrons. The molecule has 0 saturated carbocycles. The molecular formula is C25H34F2N4O2. The molecule has 2 heterocycles. The van der Waals surface area contributed by atoms with Gasteiger partial charge in [0, 0.05) is 38.7 Å². The number of aromatic nitrogens is 2.